The Balaban J connectivity index is 1.35. The Bertz CT molecular complexity index is 861. The van der Waals surface area contributed by atoms with Gasteiger partial charge in [0.05, 0.1) is 4.88 Å². The van der Waals surface area contributed by atoms with Gasteiger partial charge < -0.3 is 9.80 Å². The molecule has 0 N–H and O–H groups in total. The summed E-state index contributed by atoms with van der Waals surface area (Å²) in [6, 6.07) is 13.2. The van der Waals surface area contributed by atoms with Gasteiger partial charge in [0.25, 0.3) is 5.91 Å². The van der Waals surface area contributed by atoms with Gasteiger partial charge in [-0.15, -0.1) is 11.3 Å². The van der Waals surface area contributed by atoms with Crippen molar-refractivity contribution in [2.24, 2.45) is 5.92 Å². The van der Waals surface area contributed by atoms with Crippen molar-refractivity contribution in [1.29, 1.82) is 0 Å². The summed E-state index contributed by atoms with van der Waals surface area (Å²) in [5, 5.41) is 0. The molecule has 29 heavy (non-hydrogen) atoms. The number of hydrogen-bond acceptors (Lipinski definition) is 3. The number of nitrogens with zero attached hydrogens (tertiary/aromatic N) is 2. The minimum absolute atomic E-state index is 0.173. The Morgan fingerprint density at radius 1 is 1.00 bits per heavy atom. The van der Waals surface area contributed by atoms with E-state index in [0.29, 0.717) is 18.5 Å². The molecule has 0 unspecified atom stereocenters. The zero-order valence-corrected chi connectivity index (χ0v) is 18.2. The molecule has 1 aliphatic carbocycles. The highest BCUT2D eigenvalue weighted by Crippen LogP contribution is 2.31. The van der Waals surface area contributed by atoms with Gasteiger partial charge in [0, 0.05) is 37.5 Å². The number of likely N-dealkylation sites (tertiary alicyclic amines) is 1. The Labute approximate surface area is 177 Å². The van der Waals surface area contributed by atoms with Gasteiger partial charge in [-0.05, 0) is 68.2 Å². The summed E-state index contributed by atoms with van der Waals surface area (Å²) < 4.78 is 0. The first-order valence-electron chi connectivity index (χ1n) is 10.7. The van der Waals surface area contributed by atoms with Crippen molar-refractivity contribution in [2.75, 3.05) is 13.1 Å². The first kappa shape index (κ1) is 20.1. The van der Waals surface area contributed by atoms with Crippen LogP contribution in [-0.2, 0) is 17.8 Å². The first-order valence-corrected chi connectivity index (χ1v) is 11.5. The molecular weight excluding hydrogens is 380 g/mol. The van der Waals surface area contributed by atoms with Crippen LogP contribution < -0.4 is 0 Å². The van der Waals surface area contributed by atoms with Gasteiger partial charge >= 0.3 is 0 Å². The molecule has 2 amide bonds. The molecule has 2 aliphatic rings. The van der Waals surface area contributed by atoms with Crippen LogP contribution in [0.5, 0.6) is 0 Å². The molecule has 5 heteroatoms. The quantitative estimate of drug-likeness (QED) is 0.695. The van der Waals surface area contributed by atoms with Crippen LogP contribution in [0.3, 0.4) is 0 Å². The summed E-state index contributed by atoms with van der Waals surface area (Å²) in [4.78, 5) is 30.5. The van der Waals surface area contributed by atoms with Crippen molar-refractivity contribution in [3.8, 4) is 0 Å². The fourth-order valence-corrected chi connectivity index (χ4v) is 5.03. The topological polar surface area (TPSA) is 40.6 Å². The predicted octanol–water partition coefficient (Wildman–Crippen LogP) is 4.66. The van der Waals surface area contributed by atoms with Crippen LogP contribution >= 0.6 is 11.3 Å². The average molecular weight is 411 g/mol. The predicted molar refractivity (Wildman–Crippen MR) is 117 cm³/mol. The molecule has 0 bridgehead atoms. The lowest BCUT2D eigenvalue weighted by molar-refractivity contribution is -0.130. The Morgan fingerprint density at radius 2 is 1.66 bits per heavy atom. The summed E-state index contributed by atoms with van der Waals surface area (Å²) >= 11 is 1.59. The van der Waals surface area contributed by atoms with Crippen LogP contribution in [0, 0.1) is 12.8 Å². The van der Waals surface area contributed by atoms with Crippen LogP contribution in [0.4, 0.5) is 0 Å². The van der Waals surface area contributed by atoms with Crippen molar-refractivity contribution in [1.82, 2.24) is 9.80 Å². The summed E-state index contributed by atoms with van der Waals surface area (Å²) in [6.07, 6.45) is 5.49. The zero-order valence-electron chi connectivity index (χ0n) is 17.4. The Kier molecular flexibility index (Phi) is 6.04. The van der Waals surface area contributed by atoms with Gasteiger partial charge in [-0.2, -0.15) is 0 Å². The third-order valence-electron chi connectivity index (χ3n) is 6.16. The molecule has 0 spiro atoms. The van der Waals surface area contributed by atoms with Crippen LogP contribution in [-0.4, -0.2) is 40.7 Å². The van der Waals surface area contributed by atoms with E-state index in [4.69, 9.17) is 0 Å². The van der Waals surface area contributed by atoms with E-state index in [1.807, 2.05) is 24.0 Å². The third-order valence-corrected chi connectivity index (χ3v) is 7.15. The van der Waals surface area contributed by atoms with E-state index in [1.54, 1.807) is 18.3 Å². The fourth-order valence-electron chi connectivity index (χ4n) is 4.21. The second kappa shape index (κ2) is 8.70. The lowest BCUT2D eigenvalue weighted by Crippen LogP contribution is -2.37. The van der Waals surface area contributed by atoms with Crippen LogP contribution in [0.1, 0.15) is 58.3 Å². The van der Waals surface area contributed by atoms with Gasteiger partial charge in [-0.25, -0.2) is 0 Å². The maximum Gasteiger partial charge on any atom is 0.264 e. The monoisotopic (exact) mass is 410 g/mol. The Morgan fingerprint density at radius 3 is 2.21 bits per heavy atom. The summed E-state index contributed by atoms with van der Waals surface area (Å²) in [5.41, 5.74) is 2.56. The summed E-state index contributed by atoms with van der Waals surface area (Å²) in [5.74, 6) is 1.02. The normalized spacial score (nSPS) is 17.4. The van der Waals surface area contributed by atoms with Gasteiger partial charge in [0.1, 0.15) is 0 Å². The minimum Gasteiger partial charge on any atom is -0.343 e. The van der Waals surface area contributed by atoms with Crippen molar-refractivity contribution < 1.29 is 9.59 Å². The van der Waals surface area contributed by atoms with Gasteiger partial charge in [-0.1, -0.05) is 24.3 Å². The van der Waals surface area contributed by atoms with Crippen LogP contribution in [0.25, 0.3) is 0 Å². The summed E-state index contributed by atoms with van der Waals surface area (Å²) in [6.45, 7) is 6.18. The van der Waals surface area contributed by atoms with Crippen molar-refractivity contribution in [3.63, 3.8) is 0 Å². The van der Waals surface area contributed by atoms with E-state index in [2.05, 4.69) is 29.2 Å². The minimum atomic E-state index is 0.173. The maximum atomic E-state index is 13.0. The number of benzene rings is 1. The number of amides is 2. The van der Waals surface area contributed by atoms with E-state index in [0.717, 1.165) is 50.1 Å². The molecule has 0 atom stereocenters. The number of carbonyl (C=O) groups excluding carboxylic acids is 2. The van der Waals surface area contributed by atoms with Crippen molar-refractivity contribution in [3.05, 3.63) is 57.3 Å². The molecule has 2 fully saturated rings. The van der Waals surface area contributed by atoms with Crippen LogP contribution in [0.2, 0.25) is 0 Å². The molecule has 154 valence electrons. The molecule has 2 heterocycles. The number of piperidine rings is 1. The number of thiophene rings is 1. The molecule has 2 aromatic rings. The van der Waals surface area contributed by atoms with E-state index in [9.17, 15) is 9.59 Å². The molecule has 1 saturated heterocycles. The number of hydrogen-bond donors (Lipinski definition) is 0. The zero-order chi connectivity index (χ0) is 20.4. The van der Waals surface area contributed by atoms with E-state index in [-0.39, 0.29) is 11.8 Å². The molecule has 1 aliphatic heterocycles. The largest absolute Gasteiger partial charge is 0.343 e. The lowest BCUT2D eigenvalue weighted by Gasteiger charge is -2.31. The highest BCUT2D eigenvalue weighted by Gasteiger charge is 2.33. The summed E-state index contributed by atoms with van der Waals surface area (Å²) in [7, 11) is 0. The van der Waals surface area contributed by atoms with Crippen molar-refractivity contribution in [2.45, 2.75) is 58.5 Å². The standard InChI is InChI=1S/C24H30N2O2S/c1-17-3-10-23(29-17)24(28)26(22-8-9-22)16-21-6-4-19(5-7-21)15-20-11-13-25(14-12-20)18(2)27/h3-7,10,20,22H,8-9,11-16H2,1-2H3. The highest BCUT2D eigenvalue weighted by atomic mass is 32.1. The average Bonchev–Trinajstić information content (AvgIpc) is 3.47. The van der Waals surface area contributed by atoms with E-state index >= 15 is 0 Å². The van der Waals surface area contributed by atoms with E-state index in [1.165, 1.54) is 16.0 Å². The molecule has 1 saturated carbocycles. The fraction of sp³-hybridized carbons (Fsp3) is 0.500. The number of aryl methyl sites for hydroxylation is 1. The van der Waals surface area contributed by atoms with E-state index < -0.39 is 0 Å². The SMILES string of the molecule is CC(=O)N1CCC(Cc2ccc(CN(C(=O)c3ccc(C)s3)C3CC3)cc2)CC1. The third kappa shape index (κ3) is 5.08. The number of carbonyl (C=O) groups is 2. The molecule has 4 rings (SSSR count). The van der Waals surface area contributed by atoms with Gasteiger partial charge in [-0.3, -0.25) is 9.59 Å². The molecular formula is C24H30N2O2S. The molecule has 1 aromatic carbocycles. The lowest BCUT2D eigenvalue weighted by atomic mass is 9.90. The van der Waals surface area contributed by atoms with Gasteiger partial charge in [0.15, 0.2) is 0 Å². The Hall–Kier alpha value is -2.14. The number of rotatable bonds is 6. The van der Waals surface area contributed by atoms with Gasteiger partial charge in [0.2, 0.25) is 5.91 Å². The molecule has 0 radical (unpaired) electrons. The molecule has 1 aromatic heterocycles. The second-order valence-corrected chi connectivity index (χ2v) is 9.83. The van der Waals surface area contributed by atoms with Crippen LogP contribution in [0.15, 0.2) is 36.4 Å². The highest BCUT2D eigenvalue weighted by molar-refractivity contribution is 7.13. The molecule has 4 nitrogen and oxygen atoms in total. The first-order chi connectivity index (χ1) is 14.0. The smallest absolute Gasteiger partial charge is 0.264 e. The maximum absolute atomic E-state index is 13.0. The van der Waals surface area contributed by atoms with Crippen molar-refractivity contribution >= 4 is 23.2 Å². The second-order valence-electron chi connectivity index (χ2n) is 8.54.